The predicted molar refractivity (Wildman–Crippen MR) is 112 cm³/mol. The maximum Gasteiger partial charge on any atom is 0.257 e. The molecule has 2 aromatic carbocycles. The molecule has 1 aromatic heterocycles. The Morgan fingerprint density at radius 2 is 2.04 bits per heavy atom. The minimum absolute atomic E-state index is 0.0213. The van der Waals surface area contributed by atoms with Crippen molar-refractivity contribution in [3.05, 3.63) is 81.3 Å². The van der Waals surface area contributed by atoms with Crippen LogP contribution in [0.3, 0.4) is 0 Å². The zero-order valence-corrected chi connectivity index (χ0v) is 17.0. The number of thiazole rings is 1. The van der Waals surface area contributed by atoms with Crippen LogP contribution in [0.1, 0.15) is 39.7 Å². The molecule has 1 saturated heterocycles. The molecule has 0 N–H and O–H groups in total. The van der Waals surface area contributed by atoms with Gasteiger partial charge in [-0.15, -0.1) is 11.3 Å². The Hall–Kier alpha value is -2.37. The molecule has 1 unspecified atom stereocenters. The Morgan fingerprint density at radius 3 is 2.82 bits per heavy atom. The Bertz CT molecular complexity index is 928. The van der Waals surface area contributed by atoms with Gasteiger partial charge in [0.05, 0.1) is 10.6 Å². The third kappa shape index (κ3) is 4.37. The van der Waals surface area contributed by atoms with Gasteiger partial charge in [0.15, 0.2) is 0 Å². The van der Waals surface area contributed by atoms with E-state index in [1.54, 1.807) is 11.3 Å². The van der Waals surface area contributed by atoms with Gasteiger partial charge in [-0.05, 0) is 42.7 Å². The highest BCUT2D eigenvalue weighted by Crippen LogP contribution is 2.30. The second kappa shape index (κ2) is 8.76. The van der Waals surface area contributed by atoms with Gasteiger partial charge < -0.3 is 9.64 Å². The first-order valence-corrected chi connectivity index (χ1v) is 10.6. The molecule has 0 saturated carbocycles. The standard InChI is InChI=1S/C22H21ClN2O2S/c23-18-9-7-16(8-10-18)15-27-20-6-2-1-5-19(20)22(26)25-12-3-4-17(14-25)21-24-11-13-28-21/h1-2,5-11,13,17H,3-4,12,14-15H2. The molecule has 4 rings (SSSR count). The summed E-state index contributed by atoms with van der Waals surface area (Å²) in [4.78, 5) is 19.6. The summed E-state index contributed by atoms with van der Waals surface area (Å²) >= 11 is 7.60. The van der Waals surface area contributed by atoms with Crippen molar-refractivity contribution in [3.8, 4) is 5.75 Å². The van der Waals surface area contributed by atoms with E-state index in [-0.39, 0.29) is 5.91 Å². The molecule has 1 amide bonds. The number of carbonyl (C=O) groups is 1. The third-order valence-electron chi connectivity index (χ3n) is 4.93. The van der Waals surface area contributed by atoms with E-state index in [2.05, 4.69) is 4.98 Å². The zero-order valence-electron chi connectivity index (χ0n) is 15.4. The van der Waals surface area contributed by atoms with Crippen molar-refractivity contribution in [3.63, 3.8) is 0 Å². The molecule has 6 heteroatoms. The monoisotopic (exact) mass is 412 g/mol. The molecule has 144 valence electrons. The van der Waals surface area contributed by atoms with E-state index >= 15 is 0 Å². The number of benzene rings is 2. The highest BCUT2D eigenvalue weighted by atomic mass is 35.5. The van der Waals surface area contributed by atoms with E-state index in [9.17, 15) is 4.79 Å². The van der Waals surface area contributed by atoms with E-state index in [4.69, 9.17) is 16.3 Å². The fraction of sp³-hybridized carbons (Fsp3) is 0.273. The van der Waals surface area contributed by atoms with Crippen LogP contribution in [-0.4, -0.2) is 28.9 Å². The molecule has 3 aromatic rings. The molecule has 28 heavy (non-hydrogen) atoms. The summed E-state index contributed by atoms with van der Waals surface area (Å²) in [6.45, 7) is 1.87. The normalized spacial score (nSPS) is 16.8. The van der Waals surface area contributed by atoms with Gasteiger partial charge in [0.25, 0.3) is 5.91 Å². The van der Waals surface area contributed by atoms with Gasteiger partial charge >= 0.3 is 0 Å². The number of piperidine rings is 1. The predicted octanol–water partition coefficient (Wildman–Crippen LogP) is 5.40. The van der Waals surface area contributed by atoms with Crippen molar-refractivity contribution in [1.82, 2.24) is 9.88 Å². The van der Waals surface area contributed by atoms with Crippen LogP contribution < -0.4 is 4.74 Å². The minimum Gasteiger partial charge on any atom is -0.488 e. The lowest BCUT2D eigenvalue weighted by Crippen LogP contribution is -2.39. The van der Waals surface area contributed by atoms with Crippen molar-refractivity contribution >= 4 is 28.8 Å². The third-order valence-corrected chi connectivity index (χ3v) is 6.12. The molecule has 4 nitrogen and oxygen atoms in total. The second-order valence-corrected chi connectivity index (χ2v) is 8.23. The Morgan fingerprint density at radius 1 is 1.21 bits per heavy atom. The number of amides is 1. The second-order valence-electron chi connectivity index (χ2n) is 6.87. The summed E-state index contributed by atoms with van der Waals surface area (Å²) in [5.41, 5.74) is 1.62. The van der Waals surface area contributed by atoms with Gasteiger partial charge in [-0.25, -0.2) is 4.98 Å². The van der Waals surface area contributed by atoms with E-state index in [0.29, 0.717) is 35.4 Å². The molecular formula is C22H21ClN2O2S. The van der Waals surface area contributed by atoms with E-state index in [1.807, 2.05) is 65.0 Å². The van der Waals surface area contributed by atoms with Crippen LogP contribution in [0.4, 0.5) is 0 Å². The van der Waals surface area contributed by atoms with Crippen LogP contribution in [0.2, 0.25) is 5.02 Å². The molecule has 2 heterocycles. The first-order chi connectivity index (χ1) is 13.7. The Balaban J connectivity index is 1.47. The lowest BCUT2D eigenvalue weighted by Gasteiger charge is -2.32. The highest BCUT2D eigenvalue weighted by Gasteiger charge is 2.28. The van der Waals surface area contributed by atoms with Crippen LogP contribution in [0.25, 0.3) is 0 Å². The molecule has 0 bridgehead atoms. The first-order valence-electron chi connectivity index (χ1n) is 9.35. The molecule has 0 aliphatic carbocycles. The number of aromatic nitrogens is 1. The summed E-state index contributed by atoms with van der Waals surface area (Å²) in [6, 6.07) is 15.0. The molecule has 1 aliphatic heterocycles. The van der Waals surface area contributed by atoms with Crippen molar-refractivity contribution in [2.24, 2.45) is 0 Å². The molecule has 1 aliphatic rings. The van der Waals surface area contributed by atoms with Gasteiger partial charge in [0.1, 0.15) is 12.4 Å². The lowest BCUT2D eigenvalue weighted by atomic mass is 9.98. The SMILES string of the molecule is O=C(c1ccccc1OCc1ccc(Cl)cc1)N1CCCC(c2nccs2)C1. The molecular weight excluding hydrogens is 392 g/mol. The average molecular weight is 413 g/mol. The van der Waals surface area contributed by atoms with Crippen molar-refractivity contribution in [2.75, 3.05) is 13.1 Å². The van der Waals surface area contributed by atoms with Crippen molar-refractivity contribution < 1.29 is 9.53 Å². The largest absolute Gasteiger partial charge is 0.488 e. The van der Waals surface area contributed by atoms with Crippen LogP contribution in [0.5, 0.6) is 5.75 Å². The van der Waals surface area contributed by atoms with Gasteiger partial charge in [-0.3, -0.25) is 4.79 Å². The number of rotatable bonds is 5. The molecule has 0 spiro atoms. The Labute approximate surface area is 173 Å². The number of hydrogen-bond donors (Lipinski definition) is 0. The number of para-hydroxylation sites is 1. The average Bonchev–Trinajstić information content (AvgIpc) is 3.28. The summed E-state index contributed by atoms with van der Waals surface area (Å²) < 4.78 is 5.97. The van der Waals surface area contributed by atoms with Crippen molar-refractivity contribution in [1.29, 1.82) is 0 Å². The first kappa shape index (κ1) is 19.0. The number of ether oxygens (including phenoxy) is 1. The van der Waals surface area contributed by atoms with E-state index < -0.39 is 0 Å². The van der Waals surface area contributed by atoms with Gasteiger partial charge in [-0.2, -0.15) is 0 Å². The van der Waals surface area contributed by atoms with Crippen LogP contribution in [-0.2, 0) is 6.61 Å². The fourth-order valence-electron chi connectivity index (χ4n) is 3.48. The number of hydrogen-bond acceptors (Lipinski definition) is 4. The molecule has 1 atom stereocenters. The summed E-state index contributed by atoms with van der Waals surface area (Å²) in [7, 11) is 0. The summed E-state index contributed by atoms with van der Waals surface area (Å²) in [5, 5.41) is 3.81. The smallest absolute Gasteiger partial charge is 0.257 e. The number of carbonyl (C=O) groups excluding carboxylic acids is 1. The minimum atomic E-state index is 0.0213. The fourth-order valence-corrected chi connectivity index (χ4v) is 4.37. The zero-order chi connectivity index (χ0) is 19.3. The van der Waals surface area contributed by atoms with Gasteiger partial charge in [0, 0.05) is 35.6 Å². The number of halogens is 1. The summed E-state index contributed by atoms with van der Waals surface area (Å²) in [5.74, 6) is 0.951. The van der Waals surface area contributed by atoms with Crippen LogP contribution >= 0.6 is 22.9 Å². The van der Waals surface area contributed by atoms with Gasteiger partial charge in [-0.1, -0.05) is 35.9 Å². The maximum absolute atomic E-state index is 13.2. The Kier molecular flexibility index (Phi) is 5.93. The van der Waals surface area contributed by atoms with E-state index in [1.165, 1.54) is 0 Å². The number of nitrogens with zero attached hydrogens (tertiary/aromatic N) is 2. The lowest BCUT2D eigenvalue weighted by molar-refractivity contribution is 0.0702. The molecule has 0 radical (unpaired) electrons. The van der Waals surface area contributed by atoms with Gasteiger partial charge in [0.2, 0.25) is 0 Å². The van der Waals surface area contributed by atoms with E-state index in [0.717, 1.165) is 30.0 Å². The van der Waals surface area contributed by atoms with Crippen LogP contribution in [0, 0.1) is 0 Å². The highest BCUT2D eigenvalue weighted by molar-refractivity contribution is 7.09. The quantitative estimate of drug-likeness (QED) is 0.563. The molecule has 1 fully saturated rings. The topological polar surface area (TPSA) is 42.4 Å². The van der Waals surface area contributed by atoms with Crippen molar-refractivity contribution in [2.45, 2.75) is 25.4 Å². The van der Waals surface area contributed by atoms with Crippen LogP contribution in [0.15, 0.2) is 60.1 Å². The summed E-state index contributed by atoms with van der Waals surface area (Å²) in [6.07, 6.45) is 3.90. The number of likely N-dealkylation sites (tertiary alicyclic amines) is 1. The maximum atomic E-state index is 13.2.